The van der Waals surface area contributed by atoms with E-state index >= 15 is 0 Å². The Balaban J connectivity index is 1.67. The third-order valence-electron chi connectivity index (χ3n) is 8.66. The number of ether oxygens (including phenoxy) is 2. The third kappa shape index (κ3) is 7.07. The molecule has 2 heterocycles. The van der Waals surface area contributed by atoms with Crippen molar-refractivity contribution in [1.82, 2.24) is 9.88 Å². The molecule has 1 saturated carbocycles. The number of amides is 1. The van der Waals surface area contributed by atoms with Crippen LogP contribution in [0.15, 0.2) is 66.9 Å². The summed E-state index contributed by atoms with van der Waals surface area (Å²) in [6, 6.07) is 16.5. The number of rotatable bonds is 9. The summed E-state index contributed by atoms with van der Waals surface area (Å²) in [5, 5.41) is 1.04. The van der Waals surface area contributed by atoms with Gasteiger partial charge in [-0.05, 0) is 94.0 Å². The van der Waals surface area contributed by atoms with E-state index in [1.165, 1.54) is 13.3 Å². The van der Waals surface area contributed by atoms with Crippen LogP contribution >= 0.6 is 23.2 Å². The minimum atomic E-state index is -3.62. The maximum Gasteiger partial charge on any atom is 0.339 e. The summed E-state index contributed by atoms with van der Waals surface area (Å²) in [6.45, 7) is 6.78. The Kier molecular flexibility index (Phi) is 9.40. The van der Waals surface area contributed by atoms with Gasteiger partial charge in [0.05, 0.1) is 29.2 Å². The number of hydrogen-bond donors (Lipinski definition) is 0. The summed E-state index contributed by atoms with van der Waals surface area (Å²) in [7, 11) is -2.33. The van der Waals surface area contributed by atoms with Gasteiger partial charge in [0.1, 0.15) is 6.10 Å². The molecular formula is C34H38Cl2N2O6S. The largest absolute Gasteiger partial charge is 0.465 e. The second-order valence-electron chi connectivity index (χ2n) is 13.0. The number of sulfone groups is 1. The zero-order chi connectivity index (χ0) is 32.7. The second kappa shape index (κ2) is 12.7. The van der Waals surface area contributed by atoms with Gasteiger partial charge in [-0.2, -0.15) is 0 Å². The van der Waals surface area contributed by atoms with Gasteiger partial charge in [0.2, 0.25) is 0 Å². The number of halogens is 2. The summed E-state index contributed by atoms with van der Waals surface area (Å²) >= 11 is 12.8. The normalized spacial score (nSPS) is 23.1. The molecule has 8 nitrogen and oxygen atoms in total. The number of nitrogens with zero attached hydrogens (tertiary/aromatic N) is 2. The van der Waals surface area contributed by atoms with E-state index < -0.39 is 44.3 Å². The smallest absolute Gasteiger partial charge is 0.339 e. The monoisotopic (exact) mass is 672 g/mol. The molecule has 2 fully saturated rings. The molecule has 4 unspecified atom stereocenters. The number of pyridine rings is 1. The summed E-state index contributed by atoms with van der Waals surface area (Å²) in [4.78, 5) is 33.1. The number of aromatic nitrogens is 1. The number of benzene rings is 2. The lowest BCUT2D eigenvalue weighted by molar-refractivity contribution is -0.202. The van der Waals surface area contributed by atoms with Crippen LogP contribution in [0, 0.1) is 5.92 Å². The van der Waals surface area contributed by atoms with Crippen molar-refractivity contribution in [3.63, 3.8) is 0 Å². The summed E-state index contributed by atoms with van der Waals surface area (Å²) < 4.78 is 38.1. The van der Waals surface area contributed by atoms with Gasteiger partial charge in [0, 0.05) is 34.4 Å². The number of carbonyl (C=O) groups excluding carboxylic acids is 2. The zero-order valence-electron chi connectivity index (χ0n) is 26.0. The van der Waals surface area contributed by atoms with E-state index in [0.717, 1.165) is 24.0 Å². The molecule has 2 aromatic carbocycles. The summed E-state index contributed by atoms with van der Waals surface area (Å²) in [5.74, 6) is -1.02. The van der Waals surface area contributed by atoms with Gasteiger partial charge in [0.25, 0.3) is 5.91 Å². The highest BCUT2D eigenvalue weighted by molar-refractivity contribution is 7.92. The first-order valence-electron chi connectivity index (χ1n) is 14.9. The van der Waals surface area contributed by atoms with Gasteiger partial charge >= 0.3 is 5.97 Å². The zero-order valence-corrected chi connectivity index (χ0v) is 28.3. The maximum atomic E-state index is 14.9. The fraction of sp³-hybridized carbons (Fsp3) is 0.441. The molecule has 4 atom stereocenters. The Bertz CT molecular complexity index is 1670. The van der Waals surface area contributed by atoms with Gasteiger partial charge in [0.15, 0.2) is 15.4 Å². The van der Waals surface area contributed by atoms with E-state index in [0.29, 0.717) is 15.7 Å². The topological polar surface area (TPSA) is 103 Å². The molecule has 1 amide bonds. The predicted molar refractivity (Wildman–Crippen MR) is 174 cm³/mol. The Labute approximate surface area is 274 Å². The fourth-order valence-corrected chi connectivity index (χ4v) is 7.56. The van der Waals surface area contributed by atoms with Gasteiger partial charge in [-0.25, -0.2) is 13.2 Å². The molecule has 0 bridgehead atoms. The van der Waals surface area contributed by atoms with Crippen molar-refractivity contribution in [1.29, 1.82) is 0 Å². The second-order valence-corrected chi connectivity index (χ2v) is 16.7. The van der Waals surface area contributed by atoms with Crippen LogP contribution in [-0.4, -0.2) is 59.4 Å². The van der Waals surface area contributed by atoms with E-state index in [2.05, 4.69) is 4.98 Å². The van der Waals surface area contributed by atoms with E-state index in [4.69, 9.17) is 32.7 Å². The van der Waals surface area contributed by atoms with Crippen molar-refractivity contribution < 1.29 is 27.5 Å². The maximum absolute atomic E-state index is 14.9. The Hall–Kier alpha value is -2.98. The molecule has 240 valence electrons. The van der Waals surface area contributed by atoms with Crippen molar-refractivity contribution in [2.24, 2.45) is 5.92 Å². The number of morpholine rings is 1. The van der Waals surface area contributed by atoms with E-state index in [9.17, 15) is 18.0 Å². The van der Waals surface area contributed by atoms with Crippen molar-refractivity contribution in [2.45, 2.75) is 75.5 Å². The summed E-state index contributed by atoms with van der Waals surface area (Å²) in [5.41, 5.74) is 0.879. The highest BCUT2D eigenvalue weighted by Crippen LogP contribution is 2.50. The fourth-order valence-electron chi connectivity index (χ4n) is 5.86. The molecule has 1 saturated heterocycles. The third-order valence-corrected chi connectivity index (χ3v) is 11.8. The molecule has 5 rings (SSSR count). The quantitative estimate of drug-likeness (QED) is 0.230. The average molecular weight is 674 g/mol. The molecular weight excluding hydrogens is 635 g/mol. The van der Waals surface area contributed by atoms with Crippen LogP contribution in [0.2, 0.25) is 10.0 Å². The highest BCUT2D eigenvalue weighted by Gasteiger charge is 2.56. The SMILES string of the molecule is COC(=O)c1ccc(CC2(C)OC(c3cccc(Cl)c3)C(c3ccc(Cl)cc3)N(C(CS(=O)(=O)C(C)(C)C)C3CC3)C2=O)nc1. The number of carbonyl (C=O) groups is 2. The first kappa shape index (κ1) is 33.4. The summed E-state index contributed by atoms with van der Waals surface area (Å²) in [6.07, 6.45) is 2.41. The van der Waals surface area contributed by atoms with Crippen molar-refractivity contribution in [3.05, 3.63) is 99.3 Å². The lowest BCUT2D eigenvalue weighted by atomic mass is 9.85. The van der Waals surface area contributed by atoms with E-state index in [-0.39, 0.29) is 29.6 Å². The van der Waals surface area contributed by atoms with Crippen molar-refractivity contribution >= 4 is 44.9 Å². The molecule has 2 aliphatic rings. The van der Waals surface area contributed by atoms with Crippen LogP contribution in [0.5, 0.6) is 0 Å². The van der Waals surface area contributed by atoms with Crippen LogP contribution in [0.1, 0.15) is 79.9 Å². The first-order chi connectivity index (χ1) is 21.1. The molecule has 1 aromatic heterocycles. The Morgan fingerprint density at radius 3 is 2.31 bits per heavy atom. The molecule has 45 heavy (non-hydrogen) atoms. The Morgan fingerprint density at radius 1 is 1.07 bits per heavy atom. The predicted octanol–water partition coefficient (Wildman–Crippen LogP) is 6.81. The lowest BCUT2D eigenvalue weighted by Crippen LogP contribution is -2.62. The van der Waals surface area contributed by atoms with Crippen LogP contribution in [-0.2, 0) is 30.5 Å². The standard InChI is InChI=1S/C34H38Cl2N2O6S/c1-33(2,3)45(41,42)20-28(21-9-10-21)38-29(22-11-14-25(35)15-12-22)30(23-7-6-8-26(36)17-23)44-34(4,32(38)40)18-27-16-13-24(19-37-27)31(39)43-5/h6-8,11-17,19,21,28-30H,9-10,18,20H2,1-5H3. The van der Waals surface area contributed by atoms with E-state index in [1.807, 2.05) is 30.3 Å². The number of hydrogen-bond acceptors (Lipinski definition) is 7. The molecule has 0 N–H and O–H groups in total. The van der Waals surface area contributed by atoms with Crippen molar-refractivity contribution in [2.75, 3.05) is 12.9 Å². The molecule has 11 heteroatoms. The Morgan fingerprint density at radius 2 is 1.76 bits per heavy atom. The van der Waals surface area contributed by atoms with Crippen LogP contribution in [0.25, 0.3) is 0 Å². The number of esters is 1. The van der Waals surface area contributed by atoms with Gasteiger partial charge in [-0.3, -0.25) is 9.78 Å². The minimum absolute atomic E-state index is 0.0145. The van der Waals surface area contributed by atoms with Gasteiger partial charge in [-0.1, -0.05) is 47.5 Å². The average Bonchev–Trinajstić information content (AvgIpc) is 3.83. The molecule has 3 aromatic rings. The molecule has 1 aliphatic heterocycles. The lowest BCUT2D eigenvalue weighted by Gasteiger charge is -2.52. The van der Waals surface area contributed by atoms with Gasteiger partial charge in [-0.15, -0.1) is 0 Å². The first-order valence-corrected chi connectivity index (χ1v) is 17.3. The van der Waals surface area contributed by atoms with E-state index in [1.54, 1.807) is 62.9 Å². The number of methoxy groups -OCH3 is 1. The molecule has 1 aliphatic carbocycles. The van der Waals surface area contributed by atoms with Crippen LogP contribution in [0.4, 0.5) is 0 Å². The van der Waals surface area contributed by atoms with Crippen LogP contribution in [0.3, 0.4) is 0 Å². The van der Waals surface area contributed by atoms with Crippen molar-refractivity contribution in [3.8, 4) is 0 Å². The molecule has 0 spiro atoms. The van der Waals surface area contributed by atoms with Crippen LogP contribution < -0.4 is 0 Å². The minimum Gasteiger partial charge on any atom is -0.465 e. The van der Waals surface area contributed by atoms with Gasteiger partial charge < -0.3 is 14.4 Å². The molecule has 0 radical (unpaired) electrons. The highest BCUT2D eigenvalue weighted by atomic mass is 35.5.